The van der Waals surface area contributed by atoms with Crippen LogP contribution in [0.3, 0.4) is 0 Å². The van der Waals surface area contributed by atoms with E-state index in [2.05, 4.69) is 13.8 Å². The second-order valence-corrected chi connectivity index (χ2v) is 9.05. The lowest BCUT2D eigenvalue weighted by Gasteiger charge is -2.14. The summed E-state index contributed by atoms with van der Waals surface area (Å²) in [6.07, 6.45) is 28.3. The van der Waals surface area contributed by atoms with Crippen LogP contribution in [0, 0.1) is 5.92 Å². The van der Waals surface area contributed by atoms with Gasteiger partial charge in [0.15, 0.2) is 0 Å². The van der Waals surface area contributed by atoms with Crippen LogP contribution in [0.2, 0.25) is 0 Å². The molecular weight excluding hydrogens is 344 g/mol. The van der Waals surface area contributed by atoms with Crippen molar-refractivity contribution >= 4 is 5.97 Å². The fourth-order valence-electron chi connectivity index (χ4n) is 4.26. The van der Waals surface area contributed by atoms with Gasteiger partial charge in [-0.3, -0.25) is 4.79 Å². The molecule has 0 saturated carbocycles. The molecule has 1 atom stereocenters. The minimum atomic E-state index is -0.605. The Labute approximate surface area is 177 Å². The van der Waals surface area contributed by atoms with Gasteiger partial charge in [0, 0.05) is 6.42 Å². The minimum Gasteiger partial charge on any atom is -0.481 e. The molecule has 2 nitrogen and oxygen atoms in total. The molecule has 28 heavy (non-hydrogen) atoms. The average Bonchev–Trinajstić information content (AvgIpc) is 2.67. The van der Waals surface area contributed by atoms with Gasteiger partial charge in [-0.2, -0.15) is 0 Å². The van der Waals surface area contributed by atoms with E-state index in [9.17, 15) is 9.90 Å². The van der Waals surface area contributed by atoms with Crippen LogP contribution in [-0.2, 0) is 4.79 Å². The van der Waals surface area contributed by atoms with Crippen LogP contribution in [0.15, 0.2) is 0 Å². The van der Waals surface area contributed by atoms with Crippen molar-refractivity contribution in [1.29, 1.82) is 0 Å². The highest BCUT2D eigenvalue weighted by Crippen LogP contribution is 2.22. The largest absolute Gasteiger partial charge is 0.481 e. The Balaban J connectivity index is 3.53. The van der Waals surface area contributed by atoms with E-state index in [1.807, 2.05) is 0 Å². The van der Waals surface area contributed by atoms with Crippen LogP contribution < -0.4 is 0 Å². The van der Waals surface area contributed by atoms with Gasteiger partial charge in [0.2, 0.25) is 0 Å². The zero-order chi connectivity index (χ0) is 20.7. The number of hydrogen-bond acceptors (Lipinski definition) is 1. The summed E-state index contributed by atoms with van der Waals surface area (Å²) in [5.41, 5.74) is 0. The summed E-state index contributed by atoms with van der Waals surface area (Å²) in [6.45, 7) is 4.53. The number of carbonyl (C=O) groups is 1. The Kier molecular flexibility index (Phi) is 22.3. The molecule has 0 rings (SSSR count). The van der Waals surface area contributed by atoms with Crippen LogP contribution in [0.25, 0.3) is 0 Å². The van der Waals surface area contributed by atoms with Crippen LogP contribution in [0.5, 0.6) is 0 Å². The Bertz CT molecular complexity index is 314. The Morgan fingerprint density at radius 1 is 0.536 bits per heavy atom. The van der Waals surface area contributed by atoms with Crippen LogP contribution in [0.4, 0.5) is 0 Å². The Hall–Kier alpha value is -0.530. The SMILES string of the molecule is CCCCCCCCCCCCCC[C@H](CCCCCCCCC)CC(=O)O. The molecule has 0 saturated heterocycles. The second-order valence-electron chi connectivity index (χ2n) is 9.05. The molecule has 0 aromatic rings. The van der Waals surface area contributed by atoms with Gasteiger partial charge in [0.25, 0.3) is 0 Å². The van der Waals surface area contributed by atoms with E-state index in [4.69, 9.17) is 0 Å². The summed E-state index contributed by atoms with van der Waals surface area (Å²) >= 11 is 0. The standard InChI is InChI=1S/C26H52O2/c1-3-5-7-9-11-12-13-14-15-17-19-21-23-25(24-26(27)28)22-20-18-16-10-8-6-4-2/h25H,3-24H2,1-2H3,(H,27,28)/t25-/m0/s1. The van der Waals surface area contributed by atoms with Crippen molar-refractivity contribution in [2.45, 2.75) is 155 Å². The molecule has 0 bridgehead atoms. The van der Waals surface area contributed by atoms with Crippen LogP contribution in [0.1, 0.15) is 155 Å². The summed E-state index contributed by atoms with van der Waals surface area (Å²) in [6, 6.07) is 0. The van der Waals surface area contributed by atoms with Gasteiger partial charge in [0.05, 0.1) is 0 Å². The number of rotatable bonds is 23. The van der Waals surface area contributed by atoms with E-state index in [0.717, 1.165) is 12.8 Å². The zero-order valence-electron chi connectivity index (χ0n) is 19.5. The summed E-state index contributed by atoms with van der Waals surface area (Å²) in [5, 5.41) is 9.17. The lowest BCUT2D eigenvalue weighted by Crippen LogP contribution is -2.08. The van der Waals surface area contributed by atoms with Crippen molar-refractivity contribution in [3.63, 3.8) is 0 Å². The van der Waals surface area contributed by atoms with Crippen molar-refractivity contribution < 1.29 is 9.90 Å². The van der Waals surface area contributed by atoms with E-state index in [0.29, 0.717) is 12.3 Å². The van der Waals surface area contributed by atoms with Gasteiger partial charge in [-0.1, -0.05) is 136 Å². The molecule has 0 amide bonds. The molecule has 2 heteroatoms. The normalized spacial score (nSPS) is 12.4. The molecule has 0 aliphatic carbocycles. The van der Waals surface area contributed by atoms with Crippen LogP contribution >= 0.6 is 0 Å². The molecule has 1 N–H and O–H groups in total. The molecule has 0 unspecified atom stereocenters. The smallest absolute Gasteiger partial charge is 0.303 e. The maximum Gasteiger partial charge on any atom is 0.303 e. The lowest BCUT2D eigenvalue weighted by atomic mass is 9.91. The van der Waals surface area contributed by atoms with Crippen molar-refractivity contribution in [3.8, 4) is 0 Å². The van der Waals surface area contributed by atoms with Gasteiger partial charge < -0.3 is 5.11 Å². The van der Waals surface area contributed by atoms with Gasteiger partial charge in [-0.25, -0.2) is 0 Å². The predicted molar refractivity (Wildman–Crippen MR) is 124 cm³/mol. The summed E-state index contributed by atoms with van der Waals surface area (Å²) in [5.74, 6) is -0.192. The molecule has 0 spiro atoms. The molecular formula is C26H52O2. The fraction of sp³-hybridized carbons (Fsp3) is 0.962. The first kappa shape index (κ1) is 27.5. The van der Waals surface area contributed by atoms with Crippen molar-refractivity contribution in [2.24, 2.45) is 5.92 Å². The third-order valence-electron chi connectivity index (χ3n) is 6.15. The second kappa shape index (κ2) is 22.8. The highest BCUT2D eigenvalue weighted by molar-refractivity contribution is 5.66. The summed E-state index contributed by atoms with van der Waals surface area (Å²) in [4.78, 5) is 11.1. The van der Waals surface area contributed by atoms with Gasteiger partial charge in [0.1, 0.15) is 0 Å². The topological polar surface area (TPSA) is 37.3 Å². The fourth-order valence-corrected chi connectivity index (χ4v) is 4.26. The first-order valence-corrected chi connectivity index (χ1v) is 12.9. The highest BCUT2D eigenvalue weighted by Gasteiger charge is 2.12. The molecule has 0 aromatic carbocycles. The Morgan fingerprint density at radius 3 is 1.11 bits per heavy atom. The van der Waals surface area contributed by atoms with E-state index in [-0.39, 0.29) is 0 Å². The monoisotopic (exact) mass is 396 g/mol. The number of unbranched alkanes of at least 4 members (excludes halogenated alkanes) is 17. The molecule has 0 heterocycles. The number of aliphatic carboxylic acids is 1. The third kappa shape index (κ3) is 21.8. The summed E-state index contributed by atoms with van der Waals surface area (Å²) in [7, 11) is 0. The van der Waals surface area contributed by atoms with Crippen molar-refractivity contribution in [1.82, 2.24) is 0 Å². The molecule has 0 aliphatic heterocycles. The number of carboxylic acids is 1. The van der Waals surface area contributed by atoms with E-state index < -0.39 is 5.97 Å². The Morgan fingerprint density at radius 2 is 0.821 bits per heavy atom. The maximum absolute atomic E-state index is 11.1. The average molecular weight is 397 g/mol. The molecule has 168 valence electrons. The quantitative estimate of drug-likeness (QED) is 0.175. The van der Waals surface area contributed by atoms with Crippen molar-refractivity contribution in [2.75, 3.05) is 0 Å². The molecule has 0 fully saturated rings. The first-order chi connectivity index (χ1) is 13.7. The van der Waals surface area contributed by atoms with E-state index in [1.54, 1.807) is 0 Å². The minimum absolute atomic E-state index is 0.383. The highest BCUT2D eigenvalue weighted by atomic mass is 16.4. The third-order valence-corrected chi connectivity index (χ3v) is 6.15. The summed E-state index contributed by atoms with van der Waals surface area (Å²) < 4.78 is 0. The van der Waals surface area contributed by atoms with E-state index >= 15 is 0 Å². The lowest BCUT2D eigenvalue weighted by molar-refractivity contribution is -0.138. The predicted octanol–water partition coefficient (Wildman–Crippen LogP) is 9.31. The van der Waals surface area contributed by atoms with Crippen LogP contribution in [-0.4, -0.2) is 11.1 Å². The van der Waals surface area contributed by atoms with E-state index in [1.165, 1.54) is 122 Å². The zero-order valence-corrected chi connectivity index (χ0v) is 19.5. The number of hydrogen-bond donors (Lipinski definition) is 1. The van der Waals surface area contributed by atoms with Gasteiger partial charge in [-0.05, 0) is 18.8 Å². The maximum atomic E-state index is 11.1. The van der Waals surface area contributed by atoms with Gasteiger partial charge >= 0.3 is 5.97 Å². The van der Waals surface area contributed by atoms with Crippen molar-refractivity contribution in [3.05, 3.63) is 0 Å². The number of carboxylic acid groups (broad SMARTS) is 1. The first-order valence-electron chi connectivity index (χ1n) is 12.9. The molecule has 0 radical (unpaired) electrons. The molecule has 0 aromatic heterocycles. The molecule has 0 aliphatic rings. The van der Waals surface area contributed by atoms with Gasteiger partial charge in [-0.15, -0.1) is 0 Å².